The number of ether oxygens (including phenoxy) is 2. The van der Waals surface area contributed by atoms with Crippen molar-refractivity contribution in [1.29, 1.82) is 0 Å². The standard InChI is InChI=1S/C20H17N3O4/c1-26-19(24)17-15(13-9-5-3-6-10-13)16(14-11-7-4-8-12-14)21-18(23-22-17)20(25)27-2/h3-12,22H,1-2H3. The maximum Gasteiger partial charge on any atom is 0.377 e. The Hall–Kier alpha value is -3.74. The van der Waals surface area contributed by atoms with Gasteiger partial charge in [0.1, 0.15) is 0 Å². The molecule has 0 amide bonds. The third-order valence-electron chi connectivity index (χ3n) is 3.85. The Morgan fingerprint density at radius 2 is 1.37 bits per heavy atom. The van der Waals surface area contributed by atoms with Crippen molar-refractivity contribution >= 4 is 29.1 Å². The molecule has 136 valence electrons. The van der Waals surface area contributed by atoms with E-state index in [2.05, 4.69) is 15.5 Å². The Labute approximate surface area is 156 Å². The lowest BCUT2D eigenvalue weighted by atomic mass is 9.94. The van der Waals surface area contributed by atoms with Crippen molar-refractivity contribution in [2.45, 2.75) is 0 Å². The van der Waals surface area contributed by atoms with Crippen molar-refractivity contribution in [1.82, 2.24) is 5.43 Å². The van der Waals surface area contributed by atoms with Gasteiger partial charge in [-0.05, 0) is 5.56 Å². The molecule has 0 fully saturated rings. The minimum Gasteiger partial charge on any atom is -0.464 e. The monoisotopic (exact) mass is 363 g/mol. The molecule has 2 aromatic carbocycles. The van der Waals surface area contributed by atoms with Crippen molar-refractivity contribution in [3.8, 4) is 0 Å². The van der Waals surface area contributed by atoms with Gasteiger partial charge in [0.25, 0.3) is 5.84 Å². The fraction of sp³-hybridized carbons (Fsp3) is 0.100. The number of amidine groups is 1. The third kappa shape index (κ3) is 3.77. The van der Waals surface area contributed by atoms with E-state index in [1.165, 1.54) is 14.2 Å². The number of carbonyl (C=O) groups excluding carboxylic acids is 2. The van der Waals surface area contributed by atoms with Crippen LogP contribution in [-0.4, -0.2) is 37.7 Å². The molecule has 0 unspecified atom stereocenters. The summed E-state index contributed by atoms with van der Waals surface area (Å²) in [5.74, 6) is -1.56. The molecule has 0 saturated carbocycles. The molecule has 1 aliphatic heterocycles. The maximum atomic E-state index is 12.4. The highest BCUT2D eigenvalue weighted by Crippen LogP contribution is 2.26. The molecular weight excluding hydrogens is 346 g/mol. The smallest absolute Gasteiger partial charge is 0.377 e. The molecule has 0 saturated heterocycles. The average Bonchev–Trinajstić information content (AvgIpc) is 2.94. The van der Waals surface area contributed by atoms with Gasteiger partial charge in [-0.25, -0.2) is 14.6 Å². The van der Waals surface area contributed by atoms with Gasteiger partial charge in [0, 0.05) is 11.1 Å². The SMILES string of the molecule is COC(=O)C1=NNC(C(=O)OC)=C(c2ccccc2)C(c2ccccc2)=N1. The van der Waals surface area contributed by atoms with Crippen LogP contribution in [0.15, 0.2) is 76.5 Å². The van der Waals surface area contributed by atoms with Crippen molar-refractivity contribution < 1.29 is 19.1 Å². The molecule has 27 heavy (non-hydrogen) atoms. The minimum atomic E-state index is -0.727. The van der Waals surface area contributed by atoms with Crippen LogP contribution < -0.4 is 5.43 Å². The van der Waals surface area contributed by atoms with E-state index in [-0.39, 0.29) is 11.5 Å². The predicted molar refractivity (Wildman–Crippen MR) is 101 cm³/mol. The fourth-order valence-corrected chi connectivity index (χ4v) is 2.59. The number of benzene rings is 2. The van der Waals surface area contributed by atoms with E-state index in [1.54, 1.807) is 0 Å². The molecule has 7 nitrogen and oxygen atoms in total. The fourth-order valence-electron chi connectivity index (χ4n) is 2.59. The summed E-state index contributed by atoms with van der Waals surface area (Å²) in [4.78, 5) is 28.9. The van der Waals surface area contributed by atoms with Gasteiger partial charge < -0.3 is 9.47 Å². The predicted octanol–water partition coefficient (Wildman–Crippen LogP) is 2.15. The zero-order valence-electron chi connectivity index (χ0n) is 14.8. The molecule has 2 aromatic rings. The lowest BCUT2D eigenvalue weighted by Crippen LogP contribution is -2.22. The second-order valence-electron chi connectivity index (χ2n) is 5.47. The quantitative estimate of drug-likeness (QED) is 0.841. The van der Waals surface area contributed by atoms with Crippen LogP contribution in [0.1, 0.15) is 11.1 Å². The van der Waals surface area contributed by atoms with Crippen LogP contribution in [0.2, 0.25) is 0 Å². The molecule has 0 atom stereocenters. The van der Waals surface area contributed by atoms with Crippen LogP contribution in [0.25, 0.3) is 5.57 Å². The summed E-state index contributed by atoms with van der Waals surface area (Å²) in [5, 5.41) is 3.94. The van der Waals surface area contributed by atoms with Crippen molar-refractivity contribution in [2.24, 2.45) is 10.1 Å². The summed E-state index contributed by atoms with van der Waals surface area (Å²) in [7, 11) is 2.51. The van der Waals surface area contributed by atoms with Crippen LogP contribution in [0, 0.1) is 0 Å². The van der Waals surface area contributed by atoms with Crippen LogP contribution in [-0.2, 0) is 19.1 Å². The first-order chi connectivity index (χ1) is 13.2. The molecule has 7 heteroatoms. The first-order valence-corrected chi connectivity index (χ1v) is 8.10. The number of carbonyl (C=O) groups is 2. The van der Waals surface area contributed by atoms with Crippen LogP contribution >= 0.6 is 0 Å². The minimum absolute atomic E-state index is 0.0743. The van der Waals surface area contributed by atoms with Crippen molar-refractivity contribution in [3.05, 3.63) is 77.5 Å². The number of allylic oxidation sites excluding steroid dienone is 1. The normalized spacial score (nSPS) is 13.7. The number of nitrogens with zero attached hydrogens (tertiary/aromatic N) is 2. The van der Waals surface area contributed by atoms with Gasteiger partial charge in [-0.1, -0.05) is 60.7 Å². The van der Waals surface area contributed by atoms with Gasteiger partial charge in [0.15, 0.2) is 5.70 Å². The number of methoxy groups -OCH3 is 2. The molecule has 0 aliphatic carbocycles. The van der Waals surface area contributed by atoms with Gasteiger partial charge in [0.05, 0.1) is 19.9 Å². The average molecular weight is 363 g/mol. The van der Waals surface area contributed by atoms with E-state index < -0.39 is 11.9 Å². The summed E-state index contributed by atoms with van der Waals surface area (Å²) in [5.41, 5.74) is 4.99. The first kappa shape index (κ1) is 18.1. The summed E-state index contributed by atoms with van der Waals surface area (Å²) >= 11 is 0. The molecule has 0 spiro atoms. The lowest BCUT2D eigenvalue weighted by molar-refractivity contribution is -0.136. The van der Waals surface area contributed by atoms with Crippen molar-refractivity contribution in [3.63, 3.8) is 0 Å². The Balaban J connectivity index is 2.31. The Morgan fingerprint density at radius 1 is 0.815 bits per heavy atom. The van der Waals surface area contributed by atoms with Gasteiger partial charge in [-0.2, -0.15) is 0 Å². The van der Waals surface area contributed by atoms with Gasteiger partial charge in [-0.15, -0.1) is 5.10 Å². The van der Waals surface area contributed by atoms with E-state index in [0.29, 0.717) is 22.4 Å². The second-order valence-corrected chi connectivity index (χ2v) is 5.47. The van der Waals surface area contributed by atoms with Crippen LogP contribution in [0.4, 0.5) is 0 Å². The van der Waals surface area contributed by atoms with E-state index in [4.69, 9.17) is 9.47 Å². The third-order valence-corrected chi connectivity index (χ3v) is 3.85. The molecule has 0 bridgehead atoms. The maximum absolute atomic E-state index is 12.4. The summed E-state index contributed by atoms with van der Waals surface area (Å²) in [6.45, 7) is 0. The summed E-state index contributed by atoms with van der Waals surface area (Å²) in [6, 6.07) is 18.4. The summed E-state index contributed by atoms with van der Waals surface area (Å²) in [6.07, 6.45) is 0. The molecule has 0 aromatic heterocycles. The number of hydrogen-bond acceptors (Lipinski definition) is 7. The topological polar surface area (TPSA) is 89.3 Å². The second kappa shape index (κ2) is 8.09. The highest BCUT2D eigenvalue weighted by atomic mass is 16.5. The lowest BCUT2D eigenvalue weighted by Gasteiger charge is -2.14. The van der Waals surface area contributed by atoms with Gasteiger partial charge in [0.2, 0.25) is 0 Å². The molecule has 3 rings (SSSR count). The van der Waals surface area contributed by atoms with Gasteiger partial charge in [-0.3, -0.25) is 5.43 Å². The molecule has 1 aliphatic rings. The van der Waals surface area contributed by atoms with E-state index in [9.17, 15) is 9.59 Å². The first-order valence-electron chi connectivity index (χ1n) is 8.10. The zero-order valence-corrected chi connectivity index (χ0v) is 14.8. The highest BCUT2D eigenvalue weighted by Gasteiger charge is 2.27. The number of aliphatic imine (C=N–C) groups is 1. The zero-order chi connectivity index (χ0) is 19.2. The Bertz CT molecular complexity index is 948. The highest BCUT2D eigenvalue weighted by molar-refractivity contribution is 6.44. The number of nitrogens with one attached hydrogen (secondary N) is 1. The number of rotatable bonds is 4. The Kier molecular flexibility index (Phi) is 5.41. The van der Waals surface area contributed by atoms with E-state index >= 15 is 0 Å². The molecule has 0 radical (unpaired) electrons. The number of esters is 2. The van der Waals surface area contributed by atoms with Crippen LogP contribution in [0.3, 0.4) is 0 Å². The molecular formula is C20H17N3O4. The van der Waals surface area contributed by atoms with Gasteiger partial charge >= 0.3 is 11.9 Å². The molecule has 1 heterocycles. The van der Waals surface area contributed by atoms with Crippen LogP contribution in [0.5, 0.6) is 0 Å². The van der Waals surface area contributed by atoms with E-state index in [1.807, 2.05) is 60.7 Å². The summed E-state index contributed by atoms with van der Waals surface area (Å²) < 4.78 is 9.64. The number of hydrazone groups is 1. The van der Waals surface area contributed by atoms with E-state index in [0.717, 1.165) is 0 Å². The largest absolute Gasteiger partial charge is 0.464 e. The number of hydrogen-bond donors (Lipinski definition) is 1. The Morgan fingerprint density at radius 3 is 1.93 bits per heavy atom. The molecule has 1 N–H and O–H groups in total. The van der Waals surface area contributed by atoms with Crippen molar-refractivity contribution in [2.75, 3.05) is 14.2 Å².